The zero-order valence-corrected chi connectivity index (χ0v) is 6.94. The summed E-state index contributed by atoms with van der Waals surface area (Å²) in [4.78, 5) is 6.99. The summed E-state index contributed by atoms with van der Waals surface area (Å²) in [5.41, 5.74) is 1.20. The molecule has 0 aliphatic heterocycles. The highest BCUT2D eigenvalue weighted by Crippen LogP contribution is 2.05. The lowest BCUT2D eigenvalue weighted by atomic mass is 10.1. The van der Waals surface area contributed by atoms with Crippen LogP contribution in [0.5, 0.6) is 0 Å². The standard InChI is InChI=1S/C7H12N2S/c1-6(4-10)2-7-3-8-5-9-7/h3,5-6,10H,2,4H2,1H3,(H,8,9)/t6-/m0/s1. The number of hydrogen-bond acceptors (Lipinski definition) is 2. The van der Waals surface area contributed by atoms with E-state index >= 15 is 0 Å². The van der Waals surface area contributed by atoms with Crippen LogP contribution in [-0.4, -0.2) is 15.7 Å². The molecule has 0 fully saturated rings. The molecule has 0 aromatic carbocycles. The predicted molar refractivity (Wildman–Crippen MR) is 45.3 cm³/mol. The first kappa shape index (κ1) is 7.66. The lowest BCUT2D eigenvalue weighted by Gasteiger charge is -2.03. The van der Waals surface area contributed by atoms with Crippen molar-refractivity contribution < 1.29 is 0 Å². The number of rotatable bonds is 3. The number of nitrogens with zero attached hydrogens (tertiary/aromatic N) is 1. The van der Waals surface area contributed by atoms with Gasteiger partial charge in [-0.05, 0) is 18.1 Å². The van der Waals surface area contributed by atoms with Crippen LogP contribution in [0.4, 0.5) is 0 Å². The molecule has 0 aliphatic rings. The van der Waals surface area contributed by atoms with Crippen molar-refractivity contribution in [3.05, 3.63) is 18.2 Å². The van der Waals surface area contributed by atoms with Gasteiger partial charge in [0, 0.05) is 11.9 Å². The van der Waals surface area contributed by atoms with Gasteiger partial charge in [-0.1, -0.05) is 6.92 Å². The number of aromatic nitrogens is 2. The largest absolute Gasteiger partial charge is 0.348 e. The Balaban J connectivity index is 2.40. The van der Waals surface area contributed by atoms with Crippen molar-refractivity contribution >= 4 is 12.6 Å². The van der Waals surface area contributed by atoms with Gasteiger partial charge >= 0.3 is 0 Å². The fraction of sp³-hybridized carbons (Fsp3) is 0.571. The Labute approximate surface area is 66.5 Å². The number of aromatic amines is 1. The summed E-state index contributed by atoms with van der Waals surface area (Å²) in [7, 11) is 0. The van der Waals surface area contributed by atoms with E-state index in [-0.39, 0.29) is 0 Å². The molecule has 10 heavy (non-hydrogen) atoms. The molecule has 0 aliphatic carbocycles. The van der Waals surface area contributed by atoms with Crippen LogP contribution in [0.1, 0.15) is 12.6 Å². The monoisotopic (exact) mass is 156 g/mol. The molecular weight excluding hydrogens is 144 g/mol. The number of thiol groups is 1. The second-order valence-electron chi connectivity index (χ2n) is 2.57. The molecule has 2 nitrogen and oxygen atoms in total. The van der Waals surface area contributed by atoms with Crippen molar-refractivity contribution in [2.45, 2.75) is 13.3 Å². The molecule has 0 saturated heterocycles. The zero-order valence-electron chi connectivity index (χ0n) is 6.04. The Kier molecular flexibility index (Phi) is 2.81. The molecule has 0 unspecified atom stereocenters. The minimum Gasteiger partial charge on any atom is -0.348 e. The first-order chi connectivity index (χ1) is 4.83. The maximum Gasteiger partial charge on any atom is 0.0921 e. The summed E-state index contributed by atoms with van der Waals surface area (Å²) in [5, 5.41) is 0. The van der Waals surface area contributed by atoms with E-state index in [1.54, 1.807) is 6.33 Å². The third-order valence-corrected chi connectivity index (χ3v) is 2.06. The molecule has 1 heterocycles. The zero-order chi connectivity index (χ0) is 7.40. The lowest BCUT2D eigenvalue weighted by Crippen LogP contribution is -2.00. The molecule has 1 aromatic heterocycles. The van der Waals surface area contributed by atoms with Crippen LogP contribution in [0.25, 0.3) is 0 Å². The Hall–Kier alpha value is -0.440. The van der Waals surface area contributed by atoms with Crippen LogP contribution in [0, 0.1) is 5.92 Å². The Bertz CT molecular complexity index is 172. The molecule has 0 radical (unpaired) electrons. The minimum absolute atomic E-state index is 0.629. The number of imidazole rings is 1. The highest BCUT2D eigenvalue weighted by Gasteiger charge is 2.00. The third kappa shape index (κ3) is 2.06. The summed E-state index contributed by atoms with van der Waals surface area (Å²) in [6, 6.07) is 0. The highest BCUT2D eigenvalue weighted by atomic mass is 32.1. The fourth-order valence-corrected chi connectivity index (χ4v) is 0.965. The molecular formula is C7H12N2S. The van der Waals surface area contributed by atoms with Crippen LogP contribution in [0.2, 0.25) is 0 Å². The topological polar surface area (TPSA) is 28.7 Å². The molecule has 3 heteroatoms. The molecule has 1 atom stereocenters. The van der Waals surface area contributed by atoms with Gasteiger partial charge in [-0.3, -0.25) is 0 Å². The summed E-state index contributed by atoms with van der Waals surface area (Å²) in [6.45, 7) is 2.17. The van der Waals surface area contributed by atoms with E-state index in [0.717, 1.165) is 12.2 Å². The van der Waals surface area contributed by atoms with Crippen molar-refractivity contribution in [2.24, 2.45) is 5.92 Å². The van der Waals surface area contributed by atoms with Crippen molar-refractivity contribution in [2.75, 3.05) is 5.75 Å². The lowest BCUT2D eigenvalue weighted by molar-refractivity contribution is 0.650. The molecule has 0 amide bonds. The van der Waals surface area contributed by atoms with Crippen LogP contribution < -0.4 is 0 Å². The number of hydrogen-bond donors (Lipinski definition) is 2. The normalized spacial score (nSPS) is 13.4. The van der Waals surface area contributed by atoms with Gasteiger partial charge < -0.3 is 4.98 Å². The second-order valence-corrected chi connectivity index (χ2v) is 2.93. The highest BCUT2D eigenvalue weighted by molar-refractivity contribution is 7.80. The molecule has 1 aromatic rings. The average Bonchev–Trinajstić information content (AvgIpc) is 2.40. The van der Waals surface area contributed by atoms with Crippen LogP contribution in [0.15, 0.2) is 12.5 Å². The van der Waals surface area contributed by atoms with Crippen LogP contribution >= 0.6 is 12.6 Å². The van der Waals surface area contributed by atoms with Crippen molar-refractivity contribution in [1.29, 1.82) is 0 Å². The number of H-pyrrole nitrogens is 1. The Morgan fingerprint density at radius 1 is 1.80 bits per heavy atom. The maximum atomic E-state index is 4.19. The fourth-order valence-electron chi connectivity index (χ4n) is 0.836. The summed E-state index contributed by atoms with van der Waals surface area (Å²) >= 11 is 4.19. The molecule has 0 bridgehead atoms. The Morgan fingerprint density at radius 2 is 2.60 bits per heavy atom. The van der Waals surface area contributed by atoms with Crippen molar-refractivity contribution in [3.8, 4) is 0 Å². The van der Waals surface area contributed by atoms with Gasteiger partial charge in [0.05, 0.1) is 6.33 Å². The average molecular weight is 156 g/mol. The third-order valence-electron chi connectivity index (χ3n) is 1.43. The Morgan fingerprint density at radius 3 is 3.10 bits per heavy atom. The van der Waals surface area contributed by atoms with Crippen molar-refractivity contribution in [3.63, 3.8) is 0 Å². The minimum atomic E-state index is 0.629. The molecule has 0 spiro atoms. The van der Waals surface area contributed by atoms with E-state index in [1.807, 2.05) is 6.20 Å². The molecule has 1 N–H and O–H groups in total. The number of nitrogens with one attached hydrogen (secondary N) is 1. The van der Waals surface area contributed by atoms with Gasteiger partial charge in [0.1, 0.15) is 0 Å². The summed E-state index contributed by atoms with van der Waals surface area (Å²) in [5.74, 6) is 1.56. The second kappa shape index (κ2) is 3.66. The quantitative estimate of drug-likeness (QED) is 0.638. The SMILES string of the molecule is C[C@H](CS)Cc1cnc[nH]1. The van der Waals surface area contributed by atoms with Gasteiger partial charge in [0.25, 0.3) is 0 Å². The van der Waals surface area contributed by atoms with Crippen LogP contribution in [-0.2, 0) is 6.42 Å². The van der Waals surface area contributed by atoms with E-state index in [9.17, 15) is 0 Å². The van der Waals surface area contributed by atoms with Crippen molar-refractivity contribution in [1.82, 2.24) is 9.97 Å². The van der Waals surface area contributed by atoms with Crippen LogP contribution in [0.3, 0.4) is 0 Å². The molecule has 0 saturated carbocycles. The van der Waals surface area contributed by atoms with Gasteiger partial charge in [-0.15, -0.1) is 0 Å². The van der Waals surface area contributed by atoms with E-state index in [1.165, 1.54) is 5.69 Å². The summed E-state index contributed by atoms with van der Waals surface area (Å²) in [6.07, 6.45) is 4.62. The van der Waals surface area contributed by atoms with Gasteiger partial charge in [-0.2, -0.15) is 12.6 Å². The smallest absolute Gasteiger partial charge is 0.0921 e. The van der Waals surface area contributed by atoms with E-state index in [2.05, 4.69) is 29.5 Å². The predicted octanol–water partition coefficient (Wildman–Crippen LogP) is 1.52. The van der Waals surface area contributed by atoms with E-state index < -0.39 is 0 Å². The first-order valence-corrected chi connectivity index (χ1v) is 4.04. The summed E-state index contributed by atoms with van der Waals surface area (Å²) < 4.78 is 0. The maximum absolute atomic E-state index is 4.19. The van der Waals surface area contributed by atoms with Gasteiger partial charge in [0.2, 0.25) is 0 Å². The van der Waals surface area contributed by atoms with E-state index in [0.29, 0.717) is 5.92 Å². The van der Waals surface area contributed by atoms with Gasteiger partial charge in [-0.25, -0.2) is 4.98 Å². The molecule has 1 rings (SSSR count). The molecule has 56 valence electrons. The first-order valence-electron chi connectivity index (χ1n) is 3.41. The van der Waals surface area contributed by atoms with Gasteiger partial charge in [0.15, 0.2) is 0 Å². The van der Waals surface area contributed by atoms with E-state index in [4.69, 9.17) is 0 Å².